The number of carbonyl (C=O) groups excluding carboxylic acids is 2. The Kier molecular flexibility index (Phi) is 5.02. The minimum absolute atomic E-state index is 0.0820. The molecule has 0 radical (unpaired) electrons. The number of carbonyl (C=O) groups is 2. The molecule has 3 rings (SSSR count). The van der Waals surface area contributed by atoms with Crippen LogP contribution in [0.5, 0.6) is 0 Å². The molecule has 126 valence electrons. The maximum Gasteiger partial charge on any atom is 0.262 e. The average Bonchev–Trinajstić information content (AvgIpc) is 3.25. The molecule has 1 aliphatic carbocycles. The number of nitrogens with one attached hydrogen (secondary N) is 2. The van der Waals surface area contributed by atoms with E-state index in [-0.39, 0.29) is 17.9 Å². The van der Waals surface area contributed by atoms with Crippen LogP contribution >= 0.6 is 11.3 Å². The van der Waals surface area contributed by atoms with E-state index in [0.717, 1.165) is 43.6 Å². The van der Waals surface area contributed by atoms with Gasteiger partial charge in [-0.2, -0.15) is 0 Å². The summed E-state index contributed by atoms with van der Waals surface area (Å²) in [5, 5.41) is 5.73. The Bertz CT molecular complexity index is 572. The van der Waals surface area contributed by atoms with E-state index >= 15 is 0 Å². The Morgan fingerprint density at radius 3 is 2.65 bits per heavy atom. The minimum Gasteiger partial charge on any atom is -0.373 e. The number of hydrogen-bond acceptors (Lipinski definition) is 4. The molecule has 5 nitrogen and oxygen atoms in total. The van der Waals surface area contributed by atoms with Crippen molar-refractivity contribution in [2.24, 2.45) is 0 Å². The van der Waals surface area contributed by atoms with Gasteiger partial charge in [-0.1, -0.05) is 19.3 Å². The number of amides is 2. The molecule has 2 fully saturated rings. The van der Waals surface area contributed by atoms with Crippen molar-refractivity contribution >= 4 is 23.2 Å². The summed E-state index contributed by atoms with van der Waals surface area (Å²) < 4.78 is 5.67. The molecular weight excluding hydrogens is 312 g/mol. The van der Waals surface area contributed by atoms with E-state index in [1.54, 1.807) is 7.05 Å². The van der Waals surface area contributed by atoms with Crippen LogP contribution in [0, 0.1) is 0 Å². The third kappa shape index (κ3) is 3.43. The summed E-state index contributed by atoms with van der Waals surface area (Å²) in [7, 11) is 1.63. The van der Waals surface area contributed by atoms with Crippen molar-refractivity contribution < 1.29 is 14.3 Å². The summed E-state index contributed by atoms with van der Waals surface area (Å²) >= 11 is 1.48. The lowest BCUT2D eigenvalue weighted by atomic mass is 9.80. The van der Waals surface area contributed by atoms with E-state index in [4.69, 9.17) is 4.74 Å². The fourth-order valence-corrected chi connectivity index (χ4v) is 4.52. The minimum atomic E-state index is -0.752. The van der Waals surface area contributed by atoms with Gasteiger partial charge in [0.2, 0.25) is 5.91 Å². The first-order valence-corrected chi connectivity index (χ1v) is 9.22. The first-order valence-electron chi connectivity index (χ1n) is 8.41. The van der Waals surface area contributed by atoms with Crippen LogP contribution in [0.1, 0.15) is 65.6 Å². The maximum absolute atomic E-state index is 12.6. The highest BCUT2D eigenvalue weighted by Crippen LogP contribution is 2.34. The first-order chi connectivity index (χ1) is 11.1. The van der Waals surface area contributed by atoms with Gasteiger partial charge in [-0.15, -0.1) is 11.3 Å². The topological polar surface area (TPSA) is 67.4 Å². The second-order valence-electron chi connectivity index (χ2n) is 6.38. The maximum atomic E-state index is 12.6. The van der Waals surface area contributed by atoms with Gasteiger partial charge < -0.3 is 15.4 Å². The van der Waals surface area contributed by atoms with Gasteiger partial charge in [0.15, 0.2) is 0 Å². The SMILES string of the molecule is CNC(=O)C1(NC(=O)c2ccc(C3CCCO3)s2)CCCCC1. The number of thiophene rings is 1. The number of hydrogen-bond donors (Lipinski definition) is 2. The van der Waals surface area contributed by atoms with Crippen molar-refractivity contribution in [3.63, 3.8) is 0 Å². The predicted octanol–water partition coefficient (Wildman–Crippen LogP) is 2.78. The Balaban J connectivity index is 1.72. The second kappa shape index (κ2) is 7.01. The van der Waals surface area contributed by atoms with Crippen molar-refractivity contribution in [3.8, 4) is 0 Å². The lowest BCUT2D eigenvalue weighted by molar-refractivity contribution is -0.128. The largest absolute Gasteiger partial charge is 0.373 e. The molecule has 2 aliphatic rings. The molecule has 0 aromatic carbocycles. The molecule has 1 aromatic heterocycles. The summed E-state index contributed by atoms with van der Waals surface area (Å²) in [6, 6.07) is 3.82. The van der Waals surface area contributed by atoms with Crippen molar-refractivity contribution in [2.45, 2.75) is 56.6 Å². The number of likely N-dealkylation sites (N-methyl/N-ethyl adjacent to an activating group) is 1. The predicted molar refractivity (Wildman–Crippen MR) is 89.6 cm³/mol. The van der Waals surface area contributed by atoms with Crippen molar-refractivity contribution in [1.29, 1.82) is 0 Å². The van der Waals surface area contributed by atoms with Crippen LogP contribution in [0.15, 0.2) is 12.1 Å². The van der Waals surface area contributed by atoms with Crippen LogP contribution in [0.25, 0.3) is 0 Å². The monoisotopic (exact) mass is 336 g/mol. The third-order valence-electron chi connectivity index (χ3n) is 4.82. The Labute approximate surface area is 140 Å². The third-order valence-corrected chi connectivity index (χ3v) is 6.00. The van der Waals surface area contributed by atoms with Crippen LogP contribution < -0.4 is 10.6 Å². The number of ether oxygens (including phenoxy) is 1. The molecule has 1 aliphatic heterocycles. The Morgan fingerprint density at radius 1 is 1.22 bits per heavy atom. The second-order valence-corrected chi connectivity index (χ2v) is 7.50. The van der Waals surface area contributed by atoms with E-state index in [2.05, 4.69) is 10.6 Å². The molecule has 1 saturated carbocycles. The fraction of sp³-hybridized carbons (Fsp3) is 0.647. The molecular formula is C17H24N2O3S. The number of rotatable bonds is 4. The molecule has 23 heavy (non-hydrogen) atoms. The van der Waals surface area contributed by atoms with Gasteiger partial charge in [0.05, 0.1) is 11.0 Å². The smallest absolute Gasteiger partial charge is 0.262 e. The van der Waals surface area contributed by atoms with E-state index in [0.29, 0.717) is 17.7 Å². The Hall–Kier alpha value is -1.40. The highest BCUT2D eigenvalue weighted by atomic mass is 32.1. The molecule has 6 heteroatoms. The van der Waals surface area contributed by atoms with E-state index in [1.807, 2.05) is 12.1 Å². The van der Waals surface area contributed by atoms with Crippen LogP contribution in [0.2, 0.25) is 0 Å². The van der Waals surface area contributed by atoms with Gasteiger partial charge in [0.25, 0.3) is 5.91 Å². The molecule has 1 saturated heterocycles. The van der Waals surface area contributed by atoms with Crippen molar-refractivity contribution in [1.82, 2.24) is 10.6 Å². The quantitative estimate of drug-likeness (QED) is 0.888. The zero-order valence-electron chi connectivity index (χ0n) is 13.5. The van der Waals surface area contributed by atoms with Gasteiger partial charge in [0.1, 0.15) is 5.54 Å². The van der Waals surface area contributed by atoms with Gasteiger partial charge >= 0.3 is 0 Å². The lowest BCUT2D eigenvalue weighted by Crippen LogP contribution is -2.59. The molecule has 1 unspecified atom stereocenters. The molecule has 0 spiro atoms. The van der Waals surface area contributed by atoms with Gasteiger partial charge in [0, 0.05) is 18.5 Å². The average molecular weight is 336 g/mol. The van der Waals surface area contributed by atoms with Crippen LogP contribution in [-0.4, -0.2) is 31.0 Å². The summed E-state index contributed by atoms with van der Waals surface area (Å²) in [5.74, 6) is -0.230. The molecule has 2 N–H and O–H groups in total. The summed E-state index contributed by atoms with van der Waals surface area (Å²) in [4.78, 5) is 26.7. The molecule has 1 atom stereocenters. The standard InChI is InChI=1S/C17H24N2O3S/c1-18-16(21)17(9-3-2-4-10-17)19-15(20)14-8-7-13(23-14)12-6-5-11-22-12/h7-8,12H,2-6,9-11H2,1H3,(H,18,21)(H,19,20). The van der Waals surface area contributed by atoms with Crippen molar-refractivity contribution in [2.75, 3.05) is 13.7 Å². The van der Waals surface area contributed by atoms with Crippen molar-refractivity contribution in [3.05, 3.63) is 21.9 Å². The molecule has 2 heterocycles. The highest BCUT2D eigenvalue weighted by molar-refractivity contribution is 7.14. The molecule has 2 amide bonds. The molecule has 0 bridgehead atoms. The van der Waals surface area contributed by atoms with E-state index < -0.39 is 5.54 Å². The van der Waals surface area contributed by atoms with E-state index in [9.17, 15) is 9.59 Å². The zero-order valence-corrected chi connectivity index (χ0v) is 14.3. The van der Waals surface area contributed by atoms with Crippen LogP contribution in [-0.2, 0) is 9.53 Å². The van der Waals surface area contributed by atoms with Crippen LogP contribution in [0.4, 0.5) is 0 Å². The lowest BCUT2D eigenvalue weighted by Gasteiger charge is -2.36. The normalized spacial score (nSPS) is 23.4. The highest BCUT2D eigenvalue weighted by Gasteiger charge is 2.40. The first kappa shape index (κ1) is 16.5. The summed E-state index contributed by atoms with van der Waals surface area (Å²) in [6.07, 6.45) is 6.71. The molecule has 1 aromatic rings. The van der Waals surface area contributed by atoms with Gasteiger partial charge in [-0.25, -0.2) is 0 Å². The van der Waals surface area contributed by atoms with Gasteiger partial charge in [-0.3, -0.25) is 9.59 Å². The summed E-state index contributed by atoms with van der Waals surface area (Å²) in [6.45, 7) is 0.796. The zero-order chi connectivity index (χ0) is 16.3. The van der Waals surface area contributed by atoms with Crippen LogP contribution in [0.3, 0.4) is 0 Å². The van der Waals surface area contributed by atoms with Gasteiger partial charge in [-0.05, 0) is 37.8 Å². The summed E-state index contributed by atoms with van der Waals surface area (Å²) in [5.41, 5.74) is -0.752. The Morgan fingerprint density at radius 2 is 2.00 bits per heavy atom. The van der Waals surface area contributed by atoms with E-state index in [1.165, 1.54) is 11.3 Å². The fourth-order valence-electron chi connectivity index (χ4n) is 3.53.